The van der Waals surface area contributed by atoms with Crippen molar-refractivity contribution < 1.29 is 9.53 Å². The number of aromatic nitrogens is 1. The maximum atomic E-state index is 12.6. The summed E-state index contributed by atoms with van der Waals surface area (Å²) in [6.07, 6.45) is 7.51. The van der Waals surface area contributed by atoms with Gasteiger partial charge in [0.2, 0.25) is 5.88 Å². The van der Waals surface area contributed by atoms with Gasteiger partial charge in [0, 0.05) is 37.3 Å². The topological polar surface area (TPSA) is 42.4 Å². The fraction of sp³-hybridized carbons (Fsp3) is 0.310. The SMILES string of the molecule is CCc1ccc(C2=CCN(CCCC(=O)c3ccc(OCc4ccccc4)nc3)CC2)cc1. The summed E-state index contributed by atoms with van der Waals surface area (Å²) in [5.41, 5.74) is 5.90. The highest BCUT2D eigenvalue weighted by atomic mass is 16.5. The fourth-order valence-corrected chi connectivity index (χ4v) is 4.10. The first-order valence-corrected chi connectivity index (χ1v) is 11.9. The zero-order chi connectivity index (χ0) is 22.9. The van der Waals surface area contributed by atoms with Gasteiger partial charge in [-0.2, -0.15) is 0 Å². The Bertz CT molecular complexity index is 1060. The first kappa shape index (κ1) is 22.9. The Hall–Kier alpha value is -3.24. The summed E-state index contributed by atoms with van der Waals surface area (Å²) in [4.78, 5) is 19.3. The van der Waals surface area contributed by atoms with Crippen LogP contribution in [0.15, 0.2) is 79.0 Å². The predicted octanol–water partition coefficient (Wildman–Crippen LogP) is 5.98. The lowest BCUT2D eigenvalue weighted by molar-refractivity contribution is 0.0975. The number of ketones is 1. The molecule has 1 aliphatic heterocycles. The minimum absolute atomic E-state index is 0.140. The van der Waals surface area contributed by atoms with E-state index in [4.69, 9.17) is 4.74 Å². The van der Waals surface area contributed by atoms with Crippen molar-refractivity contribution in [2.24, 2.45) is 0 Å². The number of hydrogen-bond donors (Lipinski definition) is 0. The zero-order valence-corrected chi connectivity index (χ0v) is 19.4. The van der Waals surface area contributed by atoms with Crippen LogP contribution in [0.3, 0.4) is 0 Å². The third-order valence-electron chi connectivity index (χ3n) is 6.19. The van der Waals surface area contributed by atoms with Crippen LogP contribution in [-0.4, -0.2) is 35.3 Å². The summed E-state index contributed by atoms with van der Waals surface area (Å²) in [6, 6.07) is 22.5. The minimum Gasteiger partial charge on any atom is -0.473 e. The highest BCUT2D eigenvalue weighted by Crippen LogP contribution is 2.23. The lowest BCUT2D eigenvalue weighted by Gasteiger charge is -2.26. The summed E-state index contributed by atoms with van der Waals surface area (Å²) in [7, 11) is 0. The van der Waals surface area contributed by atoms with Gasteiger partial charge in [0.05, 0.1) is 0 Å². The van der Waals surface area contributed by atoms with Crippen LogP contribution in [0.2, 0.25) is 0 Å². The van der Waals surface area contributed by atoms with Crippen molar-refractivity contribution in [3.63, 3.8) is 0 Å². The van der Waals surface area contributed by atoms with Crippen LogP contribution in [0.1, 0.15) is 53.2 Å². The minimum atomic E-state index is 0.140. The van der Waals surface area contributed by atoms with E-state index >= 15 is 0 Å². The van der Waals surface area contributed by atoms with Gasteiger partial charge in [0.1, 0.15) is 6.61 Å². The Kier molecular flexibility index (Phi) is 8.04. The summed E-state index contributed by atoms with van der Waals surface area (Å²) >= 11 is 0. The molecule has 1 aliphatic rings. The number of Topliss-reactive ketones (excluding diaryl/α,β-unsaturated/α-hetero) is 1. The highest BCUT2D eigenvalue weighted by molar-refractivity contribution is 5.95. The van der Waals surface area contributed by atoms with Gasteiger partial charge in [0.25, 0.3) is 0 Å². The second-order valence-corrected chi connectivity index (χ2v) is 8.52. The quantitative estimate of drug-likeness (QED) is 0.364. The van der Waals surface area contributed by atoms with Crippen molar-refractivity contribution in [2.45, 2.75) is 39.2 Å². The number of benzene rings is 2. The van der Waals surface area contributed by atoms with Gasteiger partial charge in [-0.15, -0.1) is 0 Å². The van der Waals surface area contributed by atoms with Crippen LogP contribution >= 0.6 is 0 Å². The zero-order valence-electron chi connectivity index (χ0n) is 19.4. The van der Waals surface area contributed by atoms with Crippen LogP contribution in [0.4, 0.5) is 0 Å². The number of carbonyl (C=O) groups is 1. The summed E-state index contributed by atoms with van der Waals surface area (Å²) in [6.45, 7) is 5.59. The maximum Gasteiger partial charge on any atom is 0.213 e. The van der Waals surface area contributed by atoms with E-state index in [9.17, 15) is 4.79 Å². The van der Waals surface area contributed by atoms with Crippen LogP contribution in [0.25, 0.3) is 5.57 Å². The van der Waals surface area contributed by atoms with Gasteiger partial charge in [-0.3, -0.25) is 9.69 Å². The van der Waals surface area contributed by atoms with Crippen molar-refractivity contribution in [1.29, 1.82) is 0 Å². The molecule has 33 heavy (non-hydrogen) atoms. The van der Waals surface area contributed by atoms with E-state index in [1.54, 1.807) is 12.3 Å². The average Bonchev–Trinajstić information content (AvgIpc) is 2.89. The van der Waals surface area contributed by atoms with Gasteiger partial charge in [-0.05, 0) is 54.1 Å². The first-order valence-electron chi connectivity index (χ1n) is 11.9. The molecule has 0 saturated carbocycles. The van der Waals surface area contributed by atoms with E-state index < -0.39 is 0 Å². The van der Waals surface area contributed by atoms with E-state index in [1.165, 1.54) is 16.7 Å². The molecule has 2 heterocycles. The second-order valence-electron chi connectivity index (χ2n) is 8.52. The van der Waals surface area contributed by atoms with Crippen molar-refractivity contribution in [2.75, 3.05) is 19.6 Å². The van der Waals surface area contributed by atoms with Crippen molar-refractivity contribution in [3.8, 4) is 5.88 Å². The number of ether oxygens (including phenoxy) is 1. The lowest BCUT2D eigenvalue weighted by atomic mass is 9.98. The molecule has 0 aliphatic carbocycles. The molecule has 0 bridgehead atoms. The number of carbonyl (C=O) groups excluding carboxylic acids is 1. The Morgan fingerprint density at radius 1 is 1.00 bits per heavy atom. The monoisotopic (exact) mass is 440 g/mol. The molecule has 4 heteroatoms. The molecule has 0 fully saturated rings. The Morgan fingerprint density at radius 2 is 1.82 bits per heavy atom. The number of hydrogen-bond acceptors (Lipinski definition) is 4. The normalized spacial score (nSPS) is 14.0. The van der Waals surface area contributed by atoms with Gasteiger partial charge < -0.3 is 4.74 Å². The molecule has 0 atom stereocenters. The average molecular weight is 441 g/mol. The Balaban J connectivity index is 1.19. The molecule has 4 nitrogen and oxygen atoms in total. The van der Waals surface area contributed by atoms with E-state index in [0.29, 0.717) is 24.5 Å². The second kappa shape index (κ2) is 11.6. The van der Waals surface area contributed by atoms with Gasteiger partial charge in [0.15, 0.2) is 5.78 Å². The third kappa shape index (κ3) is 6.62. The molecule has 0 spiro atoms. The van der Waals surface area contributed by atoms with E-state index in [-0.39, 0.29) is 5.78 Å². The molecular weight excluding hydrogens is 408 g/mol. The Labute approximate surface area is 196 Å². The molecule has 0 radical (unpaired) electrons. The number of aryl methyl sites for hydroxylation is 1. The fourth-order valence-electron chi connectivity index (χ4n) is 4.10. The lowest BCUT2D eigenvalue weighted by Crippen LogP contribution is -2.29. The molecule has 3 aromatic rings. The molecular formula is C29H32N2O2. The molecule has 0 unspecified atom stereocenters. The summed E-state index contributed by atoms with van der Waals surface area (Å²) in [5, 5.41) is 0. The first-order chi connectivity index (χ1) is 16.2. The van der Waals surface area contributed by atoms with Crippen LogP contribution < -0.4 is 4.74 Å². The molecule has 0 amide bonds. The molecule has 0 saturated heterocycles. The van der Waals surface area contributed by atoms with E-state index in [2.05, 4.69) is 47.1 Å². The Morgan fingerprint density at radius 3 is 2.48 bits per heavy atom. The van der Waals surface area contributed by atoms with Crippen LogP contribution in [0, 0.1) is 0 Å². The third-order valence-corrected chi connectivity index (χ3v) is 6.19. The van der Waals surface area contributed by atoms with Crippen LogP contribution in [-0.2, 0) is 13.0 Å². The van der Waals surface area contributed by atoms with Gasteiger partial charge in [-0.1, -0.05) is 67.6 Å². The predicted molar refractivity (Wildman–Crippen MR) is 133 cm³/mol. The van der Waals surface area contributed by atoms with Crippen molar-refractivity contribution >= 4 is 11.4 Å². The largest absolute Gasteiger partial charge is 0.473 e. The summed E-state index contributed by atoms with van der Waals surface area (Å²) in [5.74, 6) is 0.678. The number of nitrogens with zero attached hydrogens (tertiary/aromatic N) is 2. The van der Waals surface area contributed by atoms with E-state index in [1.807, 2.05) is 36.4 Å². The van der Waals surface area contributed by atoms with Gasteiger partial charge in [-0.25, -0.2) is 4.98 Å². The molecule has 4 rings (SSSR count). The van der Waals surface area contributed by atoms with E-state index in [0.717, 1.165) is 44.5 Å². The number of rotatable bonds is 10. The van der Waals surface area contributed by atoms with Crippen LogP contribution in [0.5, 0.6) is 5.88 Å². The molecule has 2 aromatic carbocycles. The van der Waals surface area contributed by atoms with Gasteiger partial charge >= 0.3 is 0 Å². The smallest absolute Gasteiger partial charge is 0.213 e. The molecule has 1 aromatic heterocycles. The van der Waals surface area contributed by atoms with Crippen molar-refractivity contribution in [1.82, 2.24) is 9.88 Å². The molecule has 170 valence electrons. The summed E-state index contributed by atoms with van der Waals surface area (Å²) < 4.78 is 5.70. The molecule has 0 N–H and O–H groups in total. The highest BCUT2D eigenvalue weighted by Gasteiger charge is 2.14. The maximum absolute atomic E-state index is 12.6. The van der Waals surface area contributed by atoms with Crippen molar-refractivity contribution in [3.05, 3.63) is 101 Å². The standard InChI is InChI=1S/C29H32N2O2/c1-2-23-10-12-25(13-11-23)26-16-19-31(20-17-26)18-6-9-28(32)27-14-15-29(30-21-27)33-22-24-7-4-3-5-8-24/h3-5,7-8,10-16,21H,2,6,9,17-20,22H2,1H3. The number of pyridine rings is 1.